The molecule has 1 N–H and O–H groups in total. The van der Waals surface area contributed by atoms with E-state index in [1.54, 1.807) is 12.3 Å². The van der Waals surface area contributed by atoms with Gasteiger partial charge in [0.25, 0.3) is 0 Å². The second-order valence-electron chi connectivity index (χ2n) is 5.32. The van der Waals surface area contributed by atoms with Crippen molar-refractivity contribution in [1.29, 1.82) is 0 Å². The molecule has 0 aliphatic carbocycles. The second kappa shape index (κ2) is 6.28. The monoisotopic (exact) mass is 386 g/mol. The Hall–Kier alpha value is -2.17. The molecule has 0 bridgehead atoms. The summed E-state index contributed by atoms with van der Waals surface area (Å²) in [6, 6.07) is 1.35. The van der Waals surface area contributed by atoms with Gasteiger partial charge in [-0.3, -0.25) is 0 Å². The van der Waals surface area contributed by atoms with Gasteiger partial charge in [-0.1, -0.05) is 5.16 Å². The fourth-order valence-electron chi connectivity index (χ4n) is 2.32. The van der Waals surface area contributed by atoms with Crippen molar-refractivity contribution in [1.82, 2.24) is 10.1 Å². The third-order valence-corrected chi connectivity index (χ3v) is 5.50. The first-order valence-electron chi connectivity index (χ1n) is 6.93. The Balaban J connectivity index is 2.27. The number of aromatic nitrogens is 2. The van der Waals surface area contributed by atoms with Crippen LogP contribution in [0, 0.1) is 18.6 Å². The molecule has 0 radical (unpaired) electrons. The van der Waals surface area contributed by atoms with Crippen molar-refractivity contribution < 1.29 is 26.8 Å². The lowest BCUT2D eigenvalue weighted by Crippen LogP contribution is -2.03. The highest BCUT2D eigenvalue weighted by atomic mass is 32.2. The van der Waals surface area contributed by atoms with Crippen molar-refractivity contribution in [3.05, 3.63) is 40.6 Å². The Kier molecular flexibility index (Phi) is 4.43. The zero-order valence-electron chi connectivity index (χ0n) is 13.1. The molecule has 0 spiro atoms. The van der Waals surface area contributed by atoms with E-state index >= 15 is 0 Å². The molecule has 25 heavy (non-hydrogen) atoms. The van der Waals surface area contributed by atoms with Crippen LogP contribution < -0.4 is 0 Å². The minimum absolute atomic E-state index is 0.0355. The molecule has 0 amide bonds. The maximum Gasteiger partial charge on any atom is 0.178 e. The number of sulfone groups is 1. The van der Waals surface area contributed by atoms with Gasteiger partial charge < -0.3 is 9.63 Å². The van der Waals surface area contributed by atoms with Gasteiger partial charge in [-0.25, -0.2) is 22.2 Å². The van der Waals surface area contributed by atoms with E-state index in [1.807, 2.05) is 0 Å². The number of aryl methyl sites for hydroxylation is 1. The predicted molar refractivity (Wildman–Crippen MR) is 86.7 cm³/mol. The lowest BCUT2D eigenvalue weighted by molar-refractivity contribution is 0.230. The average molecular weight is 386 g/mol. The fraction of sp³-hybridized carbons (Fsp3) is 0.200. The summed E-state index contributed by atoms with van der Waals surface area (Å²) in [5.41, 5.74) is 0.623. The molecule has 3 rings (SSSR count). The summed E-state index contributed by atoms with van der Waals surface area (Å²) in [5.74, 6) is -2.16. The number of aliphatic hydroxyl groups is 1. The van der Waals surface area contributed by atoms with Crippen molar-refractivity contribution >= 4 is 21.2 Å². The molecule has 0 unspecified atom stereocenters. The Morgan fingerprint density at radius 1 is 1.28 bits per heavy atom. The maximum absolute atomic E-state index is 14.5. The van der Waals surface area contributed by atoms with E-state index < -0.39 is 33.0 Å². The lowest BCUT2D eigenvalue weighted by atomic mass is 10.0. The van der Waals surface area contributed by atoms with Crippen molar-refractivity contribution in [3.8, 4) is 21.8 Å². The number of benzene rings is 1. The van der Waals surface area contributed by atoms with Crippen LogP contribution in [0.5, 0.6) is 0 Å². The zero-order valence-corrected chi connectivity index (χ0v) is 14.7. The van der Waals surface area contributed by atoms with Crippen LogP contribution in [0.1, 0.15) is 11.5 Å². The van der Waals surface area contributed by atoms with Gasteiger partial charge in [0.1, 0.15) is 28.1 Å². The third-order valence-electron chi connectivity index (χ3n) is 3.42. The SMILES string of the molecule is Cc1csc(-c2noc(CO)c2-c2cc(F)c(S(C)(=O)=O)cc2F)n1. The average Bonchev–Trinajstić information content (AvgIpc) is 3.13. The maximum atomic E-state index is 14.5. The molecule has 0 saturated heterocycles. The molecule has 3 aromatic rings. The predicted octanol–water partition coefficient (Wildman–Crippen LogP) is 2.95. The van der Waals surface area contributed by atoms with Gasteiger partial charge in [0.15, 0.2) is 21.3 Å². The first-order chi connectivity index (χ1) is 11.7. The van der Waals surface area contributed by atoms with Crippen LogP contribution in [0.25, 0.3) is 21.8 Å². The van der Waals surface area contributed by atoms with E-state index in [4.69, 9.17) is 4.52 Å². The Labute approximate surface area is 145 Å². The Bertz CT molecular complexity index is 1060. The van der Waals surface area contributed by atoms with E-state index in [1.165, 1.54) is 11.3 Å². The first kappa shape index (κ1) is 17.6. The summed E-state index contributed by atoms with van der Waals surface area (Å²) in [5, 5.41) is 15.4. The number of thiazole rings is 1. The van der Waals surface area contributed by atoms with Gasteiger partial charge in [0, 0.05) is 22.9 Å². The summed E-state index contributed by atoms with van der Waals surface area (Å²) in [7, 11) is -3.93. The van der Waals surface area contributed by atoms with Crippen LogP contribution in [0.4, 0.5) is 8.78 Å². The summed E-state index contributed by atoms with van der Waals surface area (Å²) in [6.07, 6.45) is 0.785. The lowest BCUT2D eigenvalue weighted by Gasteiger charge is -2.07. The Morgan fingerprint density at radius 3 is 2.56 bits per heavy atom. The topological polar surface area (TPSA) is 93.3 Å². The molecule has 0 atom stereocenters. The van der Waals surface area contributed by atoms with E-state index in [9.17, 15) is 22.3 Å². The normalized spacial score (nSPS) is 11.9. The molecule has 0 saturated carbocycles. The number of aliphatic hydroxyl groups excluding tert-OH is 1. The van der Waals surface area contributed by atoms with Crippen molar-refractivity contribution in [3.63, 3.8) is 0 Å². The molecule has 0 aliphatic rings. The van der Waals surface area contributed by atoms with Crippen LogP contribution in [0.15, 0.2) is 26.9 Å². The second-order valence-corrected chi connectivity index (χ2v) is 8.16. The number of hydrogen-bond acceptors (Lipinski definition) is 7. The molecule has 0 aliphatic heterocycles. The van der Waals surface area contributed by atoms with Crippen LogP contribution in [0.3, 0.4) is 0 Å². The summed E-state index contributed by atoms with van der Waals surface area (Å²) >= 11 is 1.23. The van der Waals surface area contributed by atoms with Gasteiger partial charge in [-0.2, -0.15) is 0 Å². The third kappa shape index (κ3) is 3.20. The minimum atomic E-state index is -3.93. The van der Waals surface area contributed by atoms with Crippen LogP contribution in [-0.4, -0.2) is 29.9 Å². The van der Waals surface area contributed by atoms with Crippen LogP contribution in [-0.2, 0) is 16.4 Å². The molecule has 10 heteroatoms. The summed E-state index contributed by atoms with van der Waals surface area (Å²) in [4.78, 5) is 3.48. The standard InChI is InChI=1S/C15H12F2N2O4S2/c1-7-6-24-15(18-7)14-13(11(5-20)23-19-14)8-3-10(17)12(4-9(8)16)25(2,21)22/h3-4,6,20H,5H2,1-2H3. The van der Waals surface area contributed by atoms with Gasteiger partial charge >= 0.3 is 0 Å². The molecular formula is C15H12F2N2O4S2. The Morgan fingerprint density at radius 2 is 2.00 bits per heavy atom. The van der Waals surface area contributed by atoms with Gasteiger partial charge in [0.2, 0.25) is 0 Å². The number of nitrogens with zero attached hydrogens (tertiary/aromatic N) is 2. The number of hydrogen-bond donors (Lipinski definition) is 1. The highest BCUT2D eigenvalue weighted by Crippen LogP contribution is 2.38. The van der Waals surface area contributed by atoms with Gasteiger partial charge in [-0.05, 0) is 19.1 Å². The smallest absolute Gasteiger partial charge is 0.178 e. The highest BCUT2D eigenvalue weighted by Gasteiger charge is 2.26. The van der Waals surface area contributed by atoms with E-state index in [2.05, 4.69) is 10.1 Å². The quantitative estimate of drug-likeness (QED) is 0.741. The van der Waals surface area contributed by atoms with Crippen LogP contribution in [0.2, 0.25) is 0 Å². The summed E-state index contributed by atoms with van der Waals surface area (Å²) in [6.45, 7) is 1.16. The number of rotatable bonds is 4. The zero-order chi connectivity index (χ0) is 18.4. The van der Waals surface area contributed by atoms with Crippen molar-refractivity contribution in [2.75, 3.05) is 6.26 Å². The first-order valence-corrected chi connectivity index (χ1v) is 9.71. The summed E-state index contributed by atoms with van der Waals surface area (Å²) < 4.78 is 56.8. The van der Waals surface area contributed by atoms with Crippen LogP contribution >= 0.6 is 11.3 Å². The molecular weight excluding hydrogens is 374 g/mol. The van der Waals surface area contributed by atoms with E-state index in [0.717, 1.165) is 12.3 Å². The number of halogens is 2. The molecule has 1 aromatic carbocycles. The largest absolute Gasteiger partial charge is 0.388 e. The highest BCUT2D eigenvalue weighted by molar-refractivity contribution is 7.90. The molecule has 6 nitrogen and oxygen atoms in total. The van der Waals surface area contributed by atoms with Crippen molar-refractivity contribution in [2.45, 2.75) is 18.4 Å². The molecule has 0 fully saturated rings. The molecule has 132 valence electrons. The molecule has 2 aromatic heterocycles. The van der Waals surface area contributed by atoms with Crippen molar-refractivity contribution in [2.24, 2.45) is 0 Å². The van der Waals surface area contributed by atoms with E-state index in [0.29, 0.717) is 16.8 Å². The van der Waals surface area contributed by atoms with Gasteiger partial charge in [-0.15, -0.1) is 11.3 Å². The van der Waals surface area contributed by atoms with Gasteiger partial charge in [0.05, 0.1) is 5.56 Å². The minimum Gasteiger partial charge on any atom is -0.388 e. The fourth-order valence-corrected chi connectivity index (χ4v) is 3.84. The molecule has 2 heterocycles. The van der Waals surface area contributed by atoms with E-state index in [-0.39, 0.29) is 22.6 Å².